The number of nitrogens with one attached hydrogen (secondary N) is 1. The smallest absolute Gasteiger partial charge is 0.0271 e. The number of nitrogens with zero attached hydrogens (tertiary/aromatic N) is 2. The van der Waals surface area contributed by atoms with E-state index in [1.165, 1.54) is 50.8 Å². The van der Waals surface area contributed by atoms with E-state index >= 15 is 0 Å². The van der Waals surface area contributed by atoms with Crippen LogP contribution in [0.4, 0.5) is 0 Å². The van der Waals surface area contributed by atoms with Crippen LogP contribution in [-0.2, 0) is 6.54 Å². The highest BCUT2D eigenvalue weighted by atomic mass is 15.1. The Hall–Kier alpha value is -0.930. The average molecular weight is 289 g/mol. The maximum Gasteiger partial charge on any atom is 0.0271 e. The number of hydrogen-bond donors (Lipinski definition) is 1. The van der Waals surface area contributed by atoms with Crippen molar-refractivity contribution in [3.63, 3.8) is 0 Å². The molecule has 0 aliphatic heterocycles. The molecule has 0 spiro atoms. The molecule has 0 saturated heterocycles. The fourth-order valence-corrected chi connectivity index (χ4v) is 3.55. The molecule has 118 valence electrons. The third kappa shape index (κ3) is 5.08. The maximum absolute atomic E-state index is 4.12. The van der Waals surface area contributed by atoms with Crippen LogP contribution in [0.15, 0.2) is 24.5 Å². The van der Waals surface area contributed by atoms with E-state index in [-0.39, 0.29) is 0 Å². The molecule has 1 aromatic rings. The highest BCUT2D eigenvalue weighted by Crippen LogP contribution is 2.38. The summed E-state index contributed by atoms with van der Waals surface area (Å²) in [5, 5.41) is 3.67. The summed E-state index contributed by atoms with van der Waals surface area (Å²) in [5.74, 6) is 0. The molecule has 1 fully saturated rings. The molecule has 21 heavy (non-hydrogen) atoms. The number of hydrogen-bond acceptors (Lipinski definition) is 3. The van der Waals surface area contributed by atoms with Gasteiger partial charge in [0.1, 0.15) is 0 Å². The summed E-state index contributed by atoms with van der Waals surface area (Å²) in [6, 6.07) is 4.28. The third-order valence-corrected chi connectivity index (χ3v) is 4.75. The summed E-state index contributed by atoms with van der Waals surface area (Å²) >= 11 is 0. The lowest BCUT2D eigenvalue weighted by Crippen LogP contribution is -2.42. The highest BCUT2D eigenvalue weighted by molar-refractivity contribution is 5.09. The van der Waals surface area contributed by atoms with Crippen molar-refractivity contribution in [1.82, 2.24) is 15.2 Å². The SMILES string of the molecule is CCCNCC1(CN(CC)Cc2ccncc2)CCCC1. The zero-order chi connectivity index (χ0) is 15.0. The molecular weight excluding hydrogens is 258 g/mol. The number of pyridine rings is 1. The summed E-state index contributed by atoms with van der Waals surface area (Å²) < 4.78 is 0. The van der Waals surface area contributed by atoms with Gasteiger partial charge in [-0.05, 0) is 55.5 Å². The summed E-state index contributed by atoms with van der Waals surface area (Å²) in [7, 11) is 0. The Morgan fingerprint density at radius 3 is 2.52 bits per heavy atom. The fourth-order valence-electron chi connectivity index (χ4n) is 3.55. The summed E-state index contributed by atoms with van der Waals surface area (Å²) in [6.45, 7) is 10.3. The molecule has 1 aliphatic rings. The van der Waals surface area contributed by atoms with E-state index in [1.54, 1.807) is 0 Å². The second-order valence-corrected chi connectivity index (χ2v) is 6.54. The average Bonchev–Trinajstić information content (AvgIpc) is 2.97. The van der Waals surface area contributed by atoms with Crippen molar-refractivity contribution in [3.05, 3.63) is 30.1 Å². The quantitative estimate of drug-likeness (QED) is 0.706. The van der Waals surface area contributed by atoms with Crippen molar-refractivity contribution in [2.45, 2.75) is 52.5 Å². The van der Waals surface area contributed by atoms with Gasteiger partial charge in [0.05, 0.1) is 0 Å². The van der Waals surface area contributed by atoms with Gasteiger partial charge in [0, 0.05) is 32.0 Å². The molecule has 3 nitrogen and oxygen atoms in total. The van der Waals surface area contributed by atoms with Crippen LogP contribution in [0.5, 0.6) is 0 Å². The summed E-state index contributed by atoms with van der Waals surface area (Å²) in [5.41, 5.74) is 1.87. The Morgan fingerprint density at radius 1 is 1.19 bits per heavy atom. The first-order valence-corrected chi connectivity index (χ1v) is 8.60. The van der Waals surface area contributed by atoms with Crippen molar-refractivity contribution in [2.24, 2.45) is 5.41 Å². The van der Waals surface area contributed by atoms with Crippen molar-refractivity contribution < 1.29 is 0 Å². The second-order valence-electron chi connectivity index (χ2n) is 6.54. The van der Waals surface area contributed by atoms with E-state index in [9.17, 15) is 0 Å². The first kappa shape index (κ1) is 16.4. The molecular formula is C18H31N3. The van der Waals surface area contributed by atoms with Crippen molar-refractivity contribution in [2.75, 3.05) is 26.2 Å². The Morgan fingerprint density at radius 2 is 1.90 bits per heavy atom. The van der Waals surface area contributed by atoms with Gasteiger partial charge >= 0.3 is 0 Å². The van der Waals surface area contributed by atoms with Gasteiger partial charge < -0.3 is 5.32 Å². The Labute approximate surface area is 130 Å². The lowest BCUT2D eigenvalue weighted by Gasteiger charge is -2.35. The van der Waals surface area contributed by atoms with Crippen LogP contribution >= 0.6 is 0 Å². The molecule has 0 unspecified atom stereocenters. The largest absolute Gasteiger partial charge is 0.316 e. The van der Waals surface area contributed by atoms with E-state index in [1.807, 2.05) is 12.4 Å². The van der Waals surface area contributed by atoms with Gasteiger partial charge in [-0.3, -0.25) is 9.88 Å². The minimum absolute atomic E-state index is 0.498. The Bertz CT molecular complexity index is 385. The molecule has 2 rings (SSSR count). The van der Waals surface area contributed by atoms with Crippen LogP contribution in [0.2, 0.25) is 0 Å². The summed E-state index contributed by atoms with van der Waals surface area (Å²) in [4.78, 5) is 6.72. The predicted molar refractivity (Wildman–Crippen MR) is 89.2 cm³/mol. The van der Waals surface area contributed by atoms with E-state index in [4.69, 9.17) is 0 Å². The molecule has 1 aliphatic carbocycles. The second kappa shape index (κ2) is 8.50. The Kier molecular flexibility index (Phi) is 6.65. The van der Waals surface area contributed by atoms with Gasteiger partial charge in [0.25, 0.3) is 0 Å². The van der Waals surface area contributed by atoms with E-state index < -0.39 is 0 Å². The molecule has 1 saturated carbocycles. The van der Waals surface area contributed by atoms with Crippen LogP contribution in [0.1, 0.15) is 51.5 Å². The van der Waals surface area contributed by atoms with Crippen LogP contribution in [-0.4, -0.2) is 36.1 Å². The molecule has 0 amide bonds. The molecule has 0 bridgehead atoms. The number of aromatic nitrogens is 1. The van der Waals surface area contributed by atoms with Crippen molar-refractivity contribution in [3.8, 4) is 0 Å². The Balaban J connectivity index is 1.93. The van der Waals surface area contributed by atoms with Gasteiger partial charge in [-0.2, -0.15) is 0 Å². The zero-order valence-electron chi connectivity index (χ0n) is 13.8. The fraction of sp³-hybridized carbons (Fsp3) is 0.722. The molecule has 1 aromatic heterocycles. The van der Waals surface area contributed by atoms with E-state index in [2.05, 4.69) is 41.2 Å². The molecule has 0 aromatic carbocycles. The maximum atomic E-state index is 4.12. The first-order chi connectivity index (χ1) is 10.3. The summed E-state index contributed by atoms with van der Waals surface area (Å²) in [6.07, 6.45) is 10.6. The lowest BCUT2D eigenvalue weighted by atomic mass is 9.85. The minimum atomic E-state index is 0.498. The predicted octanol–water partition coefficient (Wildman–Crippen LogP) is 3.46. The van der Waals surface area contributed by atoms with Gasteiger partial charge in [-0.1, -0.05) is 26.7 Å². The highest BCUT2D eigenvalue weighted by Gasteiger charge is 2.34. The molecule has 0 radical (unpaired) electrons. The molecule has 0 atom stereocenters. The third-order valence-electron chi connectivity index (χ3n) is 4.75. The standard InChI is InChI=1S/C18H31N3/c1-3-11-20-15-18(9-5-6-10-18)16-21(4-2)14-17-7-12-19-13-8-17/h7-8,12-13,20H,3-6,9-11,14-16H2,1-2H3. The molecule has 1 N–H and O–H groups in total. The van der Waals surface area contributed by atoms with Crippen LogP contribution in [0.3, 0.4) is 0 Å². The monoisotopic (exact) mass is 289 g/mol. The van der Waals surface area contributed by atoms with Gasteiger partial charge in [0.15, 0.2) is 0 Å². The van der Waals surface area contributed by atoms with Gasteiger partial charge in [-0.25, -0.2) is 0 Å². The topological polar surface area (TPSA) is 28.2 Å². The van der Waals surface area contributed by atoms with Crippen molar-refractivity contribution >= 4 is 0 Å². The molecule has 1 heterocycles. The normalized spacial score (nSPS) is 17.5. The zero-order valence-corrected chi connectivity index (χ0v) is 13.8. The van der Waals surface area contributed by atoms with Gasteiger partial charge in [0.2, 0.25) is 0 Å². The van der Waals surface area contributed by atoms with Crippen molar-refractivity contribution in [1.29, 1.82) is 0 Å². The van der Waals surface area contributed by atoms with Crippen LogP contribution < -0.4 is 5.32 Å². The minimum Gasteiger partial charge on any atom is -0.316 e. The van der Waals surface area contributed by atoms with E-state index in [0.717, 1.165) is 19.6 Å². The van der Waals surface area contributed by atoms with E-state index in [0.29, 0.717) is 5.41 Å². The molecule has 3 heteroatoms. The first-order valence-electron chi connectivity index (χ1n) is 8.60. The lowest BCUT2D eigenvalue weighted by molar-refractivity contribution is 0.148. The van der Waals surface area contributed by atoms with Crippen LogP contribution in [0.25, 0.3) is 0 Å². The van der Waals surface area contributed by atoms with Crippen LogP contribution in [0, 0.1) is 5.41 Å². The number of rotatable bonds is 9. The van der Waals surface area contributed by atoms with Gasteiger partial charge in [-0.15, -0.1) is 0 Å².